The SMILES string of the molecule is COc1ccc2c(c1)C(NC(C)c1ccc(C)cc1)CC2. The molecule has 2 aromatic rings. The van der Waals surface area contributed by atoms with Gasteiger partial charge in [0.1, 0.15) is 5.75 Å². The van der Waals surface area contributed by atoms with E-state index in [1.807, 2.05) is 0 Å². The van der Waals surface area contributed by atoms with Crippen molar-refractivity contribution in [1.29, 1.82) is 0 Å². The molecule has 0 fully saturated rings. The van der Waals surface area contributed by atoms with Crippen LogP contribution >= 0.6 is 0 Å². The fraction of sp³-hybridized carbons (Fsp3) is 0.368. The van der Waals surface area contributed by atoms with Crippen LogP contribution in [0.3, 0.4) is 0 Å². The summed E-state index contributed by atoms with van der Waals surface area (Å²) >= 11 is 0. The summed E-state index contributed by atoms with van der Waals surface area (Å²) in [6.45, 7) is 4.37. The second-order valence-electron chi connectivity index (χ2n) is 5.96. The summed E-state index contributed by atoms with van der Waals surface area (Å²) in [5, 5.41) is 3.77. The number of rotatable bonds is 4. The van der Waals surface area contributed by atoms with Gasteiger partial charge >= 0.3 is 0 Å². The topological polar surface area (TPSA) is 21.3 Å². The average molecular weight is 281 g/mol. The number of nitrogens with one attached hydrogen (secondary N) is 1. The number of ether oxygens (including phenoxy) is 1. The first kappa shape index (κ1) is 14.2. The second-order valence-corrected chi connectivity index (χ2v) is 5.96. The molecule has 0 radical (unpaired) electrons. The van der Waals surface area contributed by atoms with Gasteiger partial charge in [-0.05, 0) is 55.5 Å². The first-order chi connectivity index (χ1) is 10.2. The normalized spacial score (nSPS) is 18.3. The minimum absolute atomic E-state index is 0.354. The highest BCUT2D eigenvalue weighted by molar-refractivity contribution is 5.41. The van der Waals surface area contributed by atoms with Crippen molar-refractivity contribution in [2.75, 3.05) is 7.11 Å². The molecular weight excluding hydrogens is 258 g/mol. The van der Waals surface area contributed by atoms with Crippen LogP contribution in [-0.4, -0.2) is 7.11 Å². The average Bonchev–Trinajstić information content (AvgIpc) is 2.90. The molecule has 3 rings (SSSR count). The van der Waals surface area contributed by atoms with E-state index in [1.165, 1.54) is 28.7 Å². The molecule has 0 aliphatic heterocycles. The number of aryl methyl sites for hydroxylation is 2. The minimum Gasteiger partial charge on any atom is -0.497 e. The molecule has 1 aliphatic carbocycles. The number of hydrogen-bond donors (Lipinski definition) is 1. The lowest BCUT2D eigenvalue weighted by molar-refractivity contribution is 0.412. The molecule has 0 saturated carbocycles. The molecule has 2 nitrogen and oxygen atoms in total. The van der Waals surface area contributed by atoms with Crippen molar-refractivity contribution in [2.45, 2.75) is 38.8 Å². The van der Waals surface area contributed by atoms with Crippen LogP contribution in [0.25, 0.3) is 0 Å². The van der Waals surface area contributed by atoms with Gasteiger partial charge in [-0.25, -0.2) is 0 Å². The molecule has 2 heteroatoms. The van der Waals surface area contributed by atoms with Crippen molar-refractivity contribution >= 4 is 0 Å². The molecule has 2 unspecified atom stereocenters. The maximum absolute atomic E-state index is 5.36. The number of methoxy groups -OCH3 is 1. The second kappa shape index (κ2) is 5.90. The van der Waals surface area contributed by atoms with E-state index in [-0.39, 0.29) is 0 Å². The molecule has 0 bridgehead atoms. The van der Waals surface area contributed by atoms with Gasteiger partial charge in [-0.2, -0.15) is 0 Å². The molecule has 0 aromatic heterocycles. The lowest BCUT2D eigenvalue weighted by Gasteiger charge is -2.21. The van der Waals surface area contributed by atoms with Crippen LogP contribution in [0.1, 0.15) is 47.7 Å². The van der Waals surface area contributed by atoms with Crippen LogP contribution < -0.4 is 10.1 Å². The highest BCUT2D eigenvalue weighted by Gasteiger charge is 2.24. The van der Waals surface area contributed by atoms with Gasteiger partial charge in [0, 0.05) is 12.1 Å². The Hall–Kier alpha value is -1.80. The van der Waals surface area contributed by atoms with E-state index in [2.05, 4.69) is 61.6 Å². The number of fused-ring (bicyclic) bond motifs is 1. The van der Waals surface area contributed by atoms with Gasteiger partial charge in [0.2, 0.25) is 0 Å². The summed E-state index contributed by atoms with van der Waals surface area (Å²) in [4.78, 5) is 0. The molecule has 2 atom stereocenters. The highest BCUT2D eigenvalue weighted by Crippen LogP contribution is 2.35. The van der Waals surface area contributed by atoms with Crippen molar-refractivity contribution in [1.82, 2.24) is 5.32 Å². The Balaban J connectivity index is 1.76. The van der Waals surface area contributed by atoms with E-state index < -0.39 is 0 Å². The van der Waals surface area contributed by atoms with Crippen LogP contribution in [0, 0.1) is 6.92 Å². The Labute approximate surface area is 127 Å². The molecule has 0 spiro atoms. The van der Waals surface area contributed by atoms with Gasteiger partial charge in [0.05, 0.1) is 7.11 Å². The molecule has 0 saturated heterocycles. The quantitative estimate of drug-likeness (QED) is 0.900. The summed E-state index contributed by atoms with van der Waals surface area (Å²) in [6, 6.07) is 16.0. The summed E-state index contributed by atoms with van der Waals surface area (Å²) in [5.41, 5.74) is 5.50. The van der Waals surface area contributed by atoms with E-state index in [0.717, 1.165) is 12.2 Å². The monoisotopic (exact) mass is 281 g/mol. The van der Waals surface area contributed by atoms with Crippen molar-refractivity contribution in [2.24, 2.45) is 0 Å². The zero-order valence-corrected chi connectivity index (χ0v) is 13.0. The third-order valence-electron chi connectivity index (χ3n) is 4.46. The minimum atomic E-state index is 0.354. The zero-order valence-electron chi connectivity index (χ0n) is 13.0. The van der Waals surface area contributed by atoms with Crippen molar-refractivity contribution < 1.29 is 4.74 Å². The van der Waals surface area contributed by atoms with Crippen LogP contribution in [0.4, 0.5) is 0 Å². The van der Waals surface area contributed by atoms with Crippen LogP contribution in [0.15, 0.2) is 42.5 Å². The molecule has 1 N–H and O–H groups in total. The maximum Gasteiger partial charge on any atom is 0.119 e. The zero-order chi connectivity index (χ0) is 14.8. The summed E-state index contributed by atoms with van der Waals surface area (Å²) in [5.74, 6) is 0.949. The van der Waals surface area contributed by atoms with Crippen LogP contribution in [-0.2, 0) is 6.42 Å². The van der Waals surface area contributed by atoms with Gasteiger partial charge in [-0.3, -0.25) is 0 Å². The fourth-order valence-corrected chi connectivity index (χ4v) is 3.13. The molecule has 1 aliphatic rings. The Kier molecular flexibility index (Phi) is 3.98. The first-order valence-electron chi connectivity index (χ1n) is 7.67. The first-order valence-corrected chi connectivity index (χ1v) is 7.67. The van der Waals surface area contributed by atoms with Gasteiger partial charge in [0.15, 0.2) is 0 Å². The van der Waals surface area contributed by atoms with E-state index >= 15 is 0 Å². The van der Waals surface area contributed by atoms with E-state index in [4.69, 9.17) is 4.74 Å². The number of benzene rings is 2. The Morgan fingerprint density at radius 1 is 1.14 bits per heavy atom. The van der Waals surface area contributed by atoms with Gasteiger partial charge in [0.25, 0.3) is 0 Å². The Morgan fingerprint density at radius 2 is 1.90 bits per heavy atom. The summed E-state index contributed by atoms with van der Waals surface area (Å²) in [6.07, 6.45) is 2.32. The van der Waals surface area contributed by atoms with Crippen LogP contribution in [0.5, 0.6) is 5.75 Å². The largest absolute Gasteiger partial charge is 0.497 e. The van der Waals surface area contributed by atoms with Crippen molar-refractivity contribution in [3.05, 3.63) is 64.7 Å². The Morgan fingerprint density at radius 3 is 2.62 bits per heavy atom. The molecular formula is C19H23NO. The predicted molar refractivity (Wildman–Crippen MR) is 86.8 cm³/mol. The molecule has 110 valence electrons. The van der Waals surface area contributed by atoms with Crippen LogP contribution in [0.2, 0.25) is 0 Å². The third-order valence-corrected chi connectivity index (χ3v) is 4.46. The van der Waals surface area contributed by atoms with E-state index in [9.17, 15) is 0 Å². The standard InChI is InChI=1S/C19H23NO/c1-13-4-6-15(7-5-13)14(2)20-19-11-9-16-8-10-17(21-3)12-18(16)19/h4-8,10,12,14,19-20H,9,11H2,1-3H3. The van der Waals surface area contributed by atoms with Gasteiger partial charge < -0.3 is 10.1 Å². The van der Waals surface area contributed by atoms with E-state index in [1.54, 1.807) is 7.11 Å². The third kappa shape index (κ3) is 2.96. The smallest absolute Gasteiger partial charge is 0.119 e. The van der Waals surface area contributed by atoms with Gasteiger partial charge in [-0.1, -0.05) is 35.9 Å². The van der Waals surface area contributed by atoms with Crippen molar-refractivity contribution in [3.8, 4) is 5.75 Å². The Bertz CT molecular complexity index is 618. The fourth-order valence-electron chi connectivity index (χ4n) is 3.13. The molecule has 0 heterocycles. The molecule has 2 aromatic carbocycles. The summed E-state index contributed by atoms with van der Waals surface area (Å²) < 4.78 is 5.36. The molecule has 21 heavy (non-hydrogen) atoms. The van der Waals surface area contributed by atoms with Crippen molar-refractivity contribution in [3.63, 3.8) is 0 Å². The lowest BCUT2D eigenvalue weighted by atomic mass is 10.0. The summed E-state index contributed by atoms with van der Waals surface area (Å²) in [7, 11) is 1.73. The van der Waals surface area contributed by atoms with Gasteiger partial charge in [-0.15, -0.1) is 0 Å². The number of hydrogen-bond acceptors (Lipinski definition) is 2. The van der Waals surface area contributed by atoms with E-state index in [0.29, 0.717) is 12.1 Å². The lowest BCUT2D eigenvalue weighted by Crippen LogP contribution is -2.23. The maximum atomic E-state index is 5.36. The predicted octanol–water partition coefficient (Wildman–Crippen LogP) is 4.34. The molecule has 0 amide bonds. The highest BCUT2D eigenvalue weighted by atomic mass is 16.5.